The molecule has 3 aromatic carbocycles. The Hall–Kier alpha value is -4.13. The van der Waals surface area contributed by atoms with Crippen LogP contribution in [0, 0.1) is 0 Å². The molecule has 7 heteroatoms. The highest BCUT2D eigenvalue weighted by atomic mass is 16.7. The van der Waals surface area contributed by atoms with Crippen LogP contribution in [-0.4, -0.2) is 26.5 Å². The van der Waals surface area contributed by atoms with Crippen molar-refractivity contribution >= 4 is 12.0 Å². The van der Waals surface area contributed by atoms with Gasteiger partial charge < -0.3 is 28.4 Å². The summed E-state index contributed by atoms with van der Waals surface area (Å²) >= 11 is 0. The van der Waals surface area contributed by atoms with Gasteiger partial charge in [-0.05, 0) is 56.3 Å². The molecule has 0 unspecified atom stereocenters. The second-order valence-electron chi connectivity index (χ2n) is 6.97. The Kier molecular flexibility index (Phi) is 6.69. The van der Waals surface area contributed by atoms with Crippen molar-refractivity contribution < 1.29 is 33.2 Å². The number of hydrogen-bond acceptors (Lipinski definition) is 7. The van der Waals surface area contributed by atoms with E-state index in [0.29, 0.717) is 40.2 Å². The van der Waals surface area contributed by atoms with E-state index in [1.54, 1.807) is 62.6 Å². The fraction of sp³-hybridized carbons (Fsp3) is 0.192. The Morgan fingerprint density at radius 1 is 0.939 bits per heavy atom. The molecule has 0 bridgehead atoms. The summed E-state index contributed by atoms with van der Waals surface area (Å²) in [4.78, 5) is 12.9. The summed E-state index contributed by atoms with van der Waals surface area (Å²) in [5.74, 6) is 3.01. The van der Waals surface area contributed by atoms with Crippen molar-refractivity contribution in [1.82, 2.24) is 0 Å². The third-order valence-electron chi connectivity index (χ3n) is 4.82. The van der Waals surface area contributed by atoms with Gasteiger partial charge in [0, 0.05) is 11.6 Å². The molecule has 0 fully saturated rings. The fourth-order valence-corrected chi connectivity index (χ4v) is 3.33. The first-order chi connectivity index (χ1) is 16.1. The number of hydrogen-bond donors (Lipinski definition) is 0. The quantitative estimate of drug-likeness (QED) is 0.379. The van der Waals surface area contributed by atoms with Gasteiger partial charge in [0.1, 0.15) is 34.3 Å². The van der Waals surface area contributed by atoms with Gasteiger partial charge in [0.25, 0.3) is 0 Å². The van der Waals surface area contributed by atoms with E-state index in [9.17, 15) is 4.79 Å². The maximum absolute atomic E-state index is 12.9. The maximum Gasteiger partial charge on any atom is 0.345 e. The Morgan fingerprint density at radius 3 is 2.45 bits per heavy atom. The number of fused-ring (bicyclic) bond motifs is 1. The molecule has 170 valence electrons. The van der Waals surface area contributed by atoms with Gasteiger partial charge in [-0.2, -0.15) is 0 Å². The third kappa shape index (κ3) is 4.87. The highest BCUT2D eigenvalue weighted by Crippen LogP contribution is 2.40. The first-order valence-electron chi connectivity index (χ1n) is 10.5. The number of esters is 1. The highest BCUT2D eigenvalue weighted by molar-refractivity contribution is 5.96. The van der Waals surface area contributed by atoms with Crippen LogP contribution in [0.15, 0.2) is 60.7 Å². The molecule has 1 aliphatic rings. The van der Waals surface area contributed by atoms with Gasteiger partial charge in [-0.15, -0.1) is 0 Å². The smallest absolute Gasteiger partial charge is 0.345 e. The van der Waals surface area contributed by atoms with Crippen LogP contribution in [0.1, 0.15) is 29.8 Å². The summed E-state index contributed by atoms with van der Waals surface area (Å²) in [5.41, 5.74) is 0.980. The summed E-state index contributed by atoms with van der Waals surface area (Å²) in [6, 6.07) is 15.8. The molecule has 3 aromatic rings. The Balaban J connectivity index is 1.72. The largest absolute Gasteiger partial charge is 0.497 e. The minimum absolute atomic E-state index is 0.159. The van der Waals surface area contributed by atoms with Crippen LogP contribution < -0.4 is 23.7 Å². The number of methoxy groups -OCH3 is 1. The minimum atomic E-state index is -0.551. The predicted octanol–water partition coefficient (Wildman–Crippen LogP) is 6.22. The van der Waals surface area contributed by atoms with Gasteiger partial charge in [0.15, 0.2) is 11.5 Å². The molecule has 1 heterocycles. The minimum Gasteiger partial charge on any atom is -0.497 e. The van der Waals surface area contributed by atoms with Crippen LogP contribution in [-0.2, 0) is 4.74 Å². The standard InChI is InChI=1S/C26H24O7/c1-4-7-17-14-18(28-3)10-12-20(17)33-23-9-6-8-22(25(23)26(27)29-5-2)32-19-11-13-21-24(15-19)31-16-30-21/h4,6-15H,5,16H2,1-3H3. The summed E-state index contributed by atoms with van der Waals surface area (Å²) in [6.45, 7) is 4.02. The molecule has 33 heavy (non-hydrogen) atoms. The first-order valence-corrected chi connectivity index (χ1v) is 10.5. The van der Waals surface area contributed by atoms with Gasteiger partial charge in [-0.1, -0.05) is 18.2 Å². The van der Waals surface area contributed by atoms with Crippen molar-refractivity contribution in [2.24, 2.45) is 0 Å². The van der Waals surface area contributed by atoms with E-state index in [0.717, 1.165) is 5.56 Å². The zero-order chi connectivity index (χ0) is 23.2. The first kappa shape index (κ1) is 22.1. The normalized spacial score (nSPS) is 12.0. The zero-order valence-electron chi connectivity index (χ0n) is 18.6. The molecule has 4 rings (SSSR count). The van der Waals surface area contributed by atoms with Crippen molar-refractivity contribution in [2.75, 3.05) is 20.5 Å². The van der Waals surface area contributed by atoms with E-state index in [2.05, 4.69) is 0 Å². The zero-order valence-corrected chi connectivity index (χ0v) is 18.6. The fourth-order valence-electron chi connectivity index (χ4n) is 3.33. The second-order valence-corrected chi connectivity index (χ2v) is 6.97. The predicted molar refractivity (Wildman–Crippen MR) is 123 cm³/mol. The molecule has 0 saturated heterocycles. The molecular weight excluding hydrogens is 424 g/mol. The van der Waals surface area contributed by atoms with Gasteiger partial charge in [0.2, 0.25) is 6.79 Å². The van der Waals surface area contributed by atoms with Gasteiger partial charge in [0.05, 0.1) is 13.7 Å². The summed E-state index contributed by atoms with van der Waals surface area (Å²) < 4.78 is 33.6. The molecule has 0 aliphatic carbocycles. The van der Waals surface area contributed by atoms with E-state index in [-0.39, 0.29) is 19.0 Å². The number of benzene rings is 3. The van der Waals surface area contributed by atoms with Crippen molar-refractivity contribution in [2.45, 2.75) is 13.8 Å². The average Bonchev–Trinajstić information content (AvgIpc) is 3.28. The second kappa shape index (κ2) is 9.99. The van der Waals surface area contributed by atoms with Crippen LogP contribution >= 0.6 is 0 Å². The van der Waals surface area contributed by atoms with E-state index in [4.69, 9.17) is 28.4 Å². The molecule has 0 radical (unpaired) electrons. The monoisotopic (exact) mass is 448 g/mol. The highest BCUT2D eigenvalue weighted by Gasteiger charge is 2.23. The Labute approximate surface area is 192 Å². The van der Waals surface area contributed by atoms with Crippen molar-refractivity contribution in [3.8, 4) is 40.2 Å². The van der Waals surface area contributed by atoms with Gasteiger partial charge in [-0.3, -0.25) is 0 Å². The molecule has 0 spiro atoms. The van der Waals surface area contributed by atoms with Gasteiger partial charge in [-0.25, -0.2) is 4.79 Å². The topological polar surface area (TPSA) is 72.5 Å². The third-order valence-corrected chi connectivity index (χ3v) is 4.82. The molecule has 7 nitrogen and oxygen atoms in total. The van der Waals surface area contributed by atoms with Gasteiger partial charge >= 0.3 is 5.97 Å². The number of ether oxygens (including phenoxy) is 6. The van der Waals surface area contributed by atoms with Crippen LogP contribution in [0.4, 0.5) is 0 Å². The molecule has 0 aromatic heterocycles. The summed E-state index contributed by atoms with van der Waals surface area (Å²) in [5, 5.41) is 0. The summed E-state index contributed by atoms with van der Waals surface area (Å²) in [7, 11) is 1.60. The van der Waals surface area contributed by atoms with E-state index >= 15 is 0 Å². The van der Waals surface area contributed by atoms with E-state index in [1.807, 2.05) is 25.1 Å². The maximum atomic E-state index is 12.9. The van der Waals surface area contributed by atoms with Crippen LogP contribution in [0.2, 0.25) is 0 Å². The van der Waals surface area contributed by atoms with Crippen LogP contribution in [0.3, 0.4) is 0 Å². The van der Waals surface area contributed by atoms with Crippen molar-refractivity contribution in [3.63, 3.8) is 0 Å². The van der Waals surface area contributed by atoms with Crippen LogP contribution in [0.25, 0.3) is 6.08 Å². The number of carbonyl (C=O) groups excluding carboxylic acids is 1. The summed E-state index contributed by atoms with van der Waals surface area (Å²) in [6.07, 6.45) is 3.79. The van der Waals surface area contributed by atoms with Crippen molar-refractivity contribution in [3.05, 3.63) is 71.8 Å². The lowest BCUT2D eigenvalue weighted by Gasteiger charge is -2.16. The molecule has 0 atom stereocenters. The molecule has 0 amide bonds. The lowest BCUT2D eigenvalue weighted by atomic mass is 10.1. The van der Waals surface area contributed by atoms with E-state index < -0.39 is 5.97 Å². The number of carbonyl (C=O) groups is 1. The molecule has 0 saturated carbocycles. The molecular formula is C26H24O7. The molecule has 1 aliphatic heterocycles. The number of rotatable bonds is 8. The lowest BCUT2D eigenvalue weighted by molar-refractivity contribution is 0.0520. The number of allylic oxidation sites excluding steroid dienone is 1. The van der Waals surface area contributed by atoms with Crippen LogP contribution in [0.5, 0.6) is 40.2 Å². The van der Waals surface area contributed by atoms with Crippen molar-refractivity contribution in [1.29, 1.82) is 0 Å². The SMILES string of the molecule is CC=Cc1cc(OC)ccc1Oc1cccc(Oc2ccc3c(c2)OCO3)c1C(=O)OCC. The van der Waals surface area contributed by atoms with E-state index in [1.165, 1.54) is 0 Å². The lowest BCUT2D eigenvalue weighted by Crippen LogP contribution is -2.08. The Morgan fingerprint density at radius 2 is 1.70 bits per heavy atom. The molecule has 0 N–H and O–H groups in total. The Bertz CT molecular complexity index is 1180. The average molecular weight is 448 g/mol.